The monoisotopic (exact) mass is 261 g/mol. The molecule has 0 saturated heterocycles. The summed E-state index contributed by atoms with van der Waals surface area (Å²) in [7, 11) is 0. The Morgan fingerprint density at radius 2 is 2.05 bits per heavy atom. The molecule has 102 valence electrons. The van der Waals surface area contributed by atoms with Gasteiger partial charge in [0, 0.05) is 18.9 Å². The van der Waals surface area contributed by atoms with E-state index in [0.29, 0.717) is 18.1 Å². The van der Waals surface area contributed by atoms with Gasteiger partial charge in [-0.15, -0.1) is 0 Å². The third-order valence-electron chi connectivity index (χ3n) is 2.86. The van der Waals surface area contributed by atoms with E-state index < -0.39 is 0 Å². The zero-order valence-corrected chi connectivity index (χ0v) is 11.0. The minimum atomic E-state index is 0.208. The van der Waals surface area contributed by atoms with Crippen molar-refractivity contribution in [1.82, 2.24) is 10.1 Å². The van der Waals surface area contributed by atoms with Gasteiger partial charge < -0.3 is 15.4 Å². The molecule has 2 rings (SSSR count). The molecule has 1 heterocycles. The second-order valence-electron chi connectivity index (χ2n) is 4.82. The van der Waals surface area contributed by atoms with Gasteiger partial charge in [0.2, 0.25) is 5.89 Å². The fourth-order valence-corrected chi connectivity index (χ4v) is 1.84. The van der Waals surface area contributed by atoms with Crippen LogP contribution in [0.3, 0.4) is 0 Å². The summed E-state index contributed by atoms with van der Waals surface area (Å²) in [5, 5.41) is 13.2. The molecule has 0 saturated carbocycles. The van der Waals surface area contributed by atoms with E-state index in [1.165, 1.54) is 0 Å². The molecule has 1 aromatic heterocycles. The Morgan fingerprint density at radius 3 is 2.74 bits per heavy atom. The molecule has 19 heavy (non-hydrogen) atoms. The van der Waals surface area contributed by atoms with Gasteiger partial charge in [0.1, 0.15) is 5.75 Å². The van der Waals surface area contributed by atoms with Crippen molar-refractivity contribution in [3.05, 3.63) is 41.5 Å². The number of phenolic OH excluding ortho intramolecular Hbond substituents is 1. The molecule has 0 aliphatic heterocycles. The summed E-state index contributed by atoms with van der Waals surface area (Å²) in [5.74, 6) is 1.59. The SMILES string of the molecule is CC(N)CCCc1nc(Cc2ccc(O)cc2)no1. The third kappa shape index (κ3) is 4.37. The van der Waals surface area contributed by atoms with Crippen LogP contribution in [0.4, 0.5) is 0 Å². The van der Waals surface area contributed by atoms with E-state index in [1.54, 1.807) is 12.1 Å². The molecule has 0 radical (unpaired) electrons. The minimum Gasteiger partial charge on any atom is -0.508 e. The first-order valence-electron chi connectivity index (χ1n) is 6.48. The number of benzene rings is 1. The van der Waals surface area contributed by atoms with Gasteiger partial charge in [-0.3, -0.25) is 0 Å². The second-order valence-corrected chi connectivity index (χ2v) is 4.82. The highest BCUT2D eigenvalue weighted by molar-refractivity contribution is 5.27. The van der Waals surface area contributed by atoms with E-state index in [2.05, 4.69) is 10.1 Å². The van der Waals surface area contributed by atoms with Crippen LogP contribution in [-0.2, 0) is 12.8 Å². The first-order chi connectivity index (χ1) is 9.13. The number of nitrogens with two attached hydrogens (primary N) is 1. The molecule has 2 aromatic rings. The van der Waals surface area contributed by atoms with Crippen LogP contribution in [0.15, 0.2) is 28.8 Å². The summed E-state index contributed by atoms with van der Waals surface area (Å²) in [6.07, 6.45) is 3.29. The van der Waals surface area contributed by atoms with Gasteiger partial charge in [-0.25, -0.2) is 0 Å². The maximum atomic E-state index is 9.21. The van der Waals surface area contributed by atoms with Crippen molar-refractivity contribution in [1.29, 1.82) is 0 Å². The molecule has 3 N–H and O–H groups in total. The molecule has 5 nitrogen and oxygen atoms in total. The smallest absolute Gasteiger partial charge is 0.226 e. The van der Waals surface area contributed by atoms with Gasteiger partial charge in [0.25, 0.3) is 0 Å². The summed E-state index contributed by atoms with van der Waals surface area (Å²) in [6.45, 7) is 1.99. The van der Waals surface area contributed by atoms with Crippen molar-refractivity contribution in [3.8, 4) is 5.75 Å². The van der Waals surface area contributed by atoms with Crippen molar-refractivity contribution >= 4 is 0 Å². The largest absolute Gasteiger partial charge is 0.508 e. The zero-order valence-electron chi connectivity index (χ0n) is 11.0. The van der Waals surface area contributed by atoms with Crippen LogP contribution >= 0.6 is 0 Å². The summed E-state index contributed by atoms with van der Waals surface area (Å²) in [4.78, 5) is 4.34. The number of aromatic hydroxyl groups is 1. The zero-order chi connectivity index (χ0) is 13.7. The van der Waals surface area contributed by atoms with Gasteiger partial charge in [0.05, 0.1) is 0 Å². The van der Waals surface area contributed by atoms with E-state index in [1.807, 2.05) is 19.1 Å². The number of rotatable bonds is 6. The Labute approximate surface area is 112 Å². The van der Waals surface area contributed by atoms with Crippen LogP contribution in [0.2, 0.25) is 0 Å². The molecule has 1 aromatic carbocycles. The molecule has 0 spiro atoms. The quantitative estimate of drug-likeness (QED) is 0.831. The van der Waals surface area contributed by atoms with Crippen molar-refractivity contribution in [2.75, 3.05) is 0 Å². The van der Waals surface area contributed by atoms with E-state index in [4.69, 9.17) is 10.3 Å². The predicted molar refractivity (Wildman–Crippen MR) is 71.8 cm³/mol. The van der Waals surface area contributed by atoms with E-state index in [-0.39, 0.29) is 11.8 Å². The third-order valence-corrected chi connectivity index (χ3v) is 2.86. The Kier molecular flexibility index (Phi) is 4.52. The molecule has 0 bridgehead atoms. The van der Waals surface area contributed by atoms with Crippen molar-refractivity contribution in [2.45, 2.75) is 38.6 Å². The highest BCUT2D eigenvalue weighted by atomic mass is 16.5. The summed E-state index contributed by atoms with van der Waals surface area (Å²) in [5.41, 5.74) is 6.73. The maximum Gasteiger partial charge on any atom is 0.226 e. The van der Waals surface area contributed by atoms with Crippen LogP contribution in [0.1, 0.15) is 37.0 Å². The van der Waals surface area contributed by atoms with Crippen molar-refractivity contribution in [2.24, 2.45) is 5.73 Å². The standard InChI is InChI=1S/C14H19N3O2/c1-10(15)3-2-4-14-16-13(17-19-14)9-11-5-7-12(18)8-6-11/h5-8,10,18H,2-4,9,15H2,1H3. The van der Waals surface area contributed by atoms with Gasteiger partial charge in [-0.1, -0.05) is 17.3 Å². The molecule has 0 aliphatic rings. The highest BCUT2D eigenvalue weighted by Crippen LogP contribution is 2.13. The molecule has 0 amide bonds. The molecular weight excluding hydrogens is 242 g/mol. The highest BCUT2D eigenvalue weighted by Gasteiger charge is 2.07. The molecule has 5 heteroatoms. The lowest BCUT2D eigenvalue weighted by Crippen LogP contribution is -2.14. The Bertz CT molecular complexity index is 506. The Balaban J connectivity index is 1.88. The maximum absolute atomic E-state index is 9.21. The minimum absolute atomic E-state index is 0.208. The molecular formula is C14H19N3O2. The second kappa shape index (κ2) is 6.33. The Morgan fingerprint density at radius 1 is 1.32 bits per heavy atom. The van der Waals surface area contributed by atoms with E-state index in [0.717, 1.165) is 24.8 Å². The predicted octanol–water partition coefficient (Wildman–Crippen LogP) is 2.04. The normalized spacial score (nSPS) is 12.5. The fraction of sp³-hybridized carbons (Fsp3) is 0.429. The van der Waals surface area contributed by atoms with Gasteiger partial charge in [0.15, 0.2) is 5.82 Å². The lowest BCUT2D eigenvalue weighted by molar-refractivity contribution is 0.368. The lowest BCUT2D eigenvalue weighted by Gasteiger charge is -2.00. The fourth-order valence-electron chi connectivity index (χ4n) is 1.84. The molecule has 1 atom stereocenters. The first-order valence-corrected chi connectivity index (χ1v) is 6.48. The van der Waals surface area contributed by atoms with Crippen molar-refractivity contribution < 1.29 is 9.63 Å². The van der Waals surface area contributed by atoms with Gasteiger partial charge in [-0.05, 0) is 37.5 Å². The van der Waals surface area contributed by atoms with Crippen molar-refractivity contribution in [3.63, 3.8) is 0 Å². The average Bonchev–Trinajstić information content (AvgIpc) is 2.79. The van der Waals surface area contributed by atoms with Crippen LogP contribution in [0.25, 0.3) is 0 Å². The number of aryl methyl sites for hydroxylation is 1. The number of aromatic nitrogens is 2. The first kappa shape index (κ1) is 13.5. The number of phenols is 1. The summed E-state index contributed by atoms with van der Waals surface area (Å²) < 4.78 is 5.19. The average molecular weight is 261 g/mol. The number of hydrogen-bond donors (Lipinski definition) is 2. The van der Waals surface area contributed by atoms with Crippen LogP contribution in [0.5, 0.6) is 5.75 Å². The summed E-state index contributed by atoms with van der Waals surface area (Å²) >= 11 is 0. The Hall–Kier alpha value is -1.88. The number of hydrogen-bond acceptors (Lipinski definition) is 5. The van der Waals surface area contributed by atoms with Gasteiger partial charge in [-0.2, -0.15) is 4.98 Å². The van der Waals surface area contributed by atoms with Crippen LogP contribution < -0.4 is 5.73 Å². The summed E-state index contributed by atoms with van der Waals surface area (Å²) in [6, 6.07) is 7.21. The van der Waals surface area contributed by atoms with E-state index >= 15 is 0 Å². The topological polar surface area (TPSA) is 85.2 Å². The van der Waals surface area contributed by atoms with Gasteiger partial charge >= 0.3 is 0 Å². The van der Waals surface area contributed by atoms with E-state index in [9.17, 15) is 5.11 Å². The van der Waals surface area contributed by atoms with Crippen LogP contribution in [-0.4, -0.2) is 21.3 Å². The number of nitrogens with zero attached hydrogens (tertiary/aromatic N) is 2. The van der Waals surface area contributed by atoms with Crippen LogP contribution in [0, 0.1) is 0 Å². The molecule has 1 unspecified atom stereocenters. The molecule has 0 fully saturated rings. The molecule has 0 aliphatic carbocycles. The lowest BCUT2D eigenvalue weighted by atomic mass is 10.1.